The van der Waals surface area contributed by atoms with Crippen molar-refractivity contribution in [2.24, 2.45) is 5.92 Å². The SMILES string of the molecule is Nc1c(Cl)ncnc1OCC1CCOC1. The maximum Gasteiger partial charge on any atom is 0.241 e. The number of anilines is 1. The molecule has 2 N–H and O–H groups in total. The van der Waals surface area contributed by atoms with Crippen LogP contribution in [-0.2, 0) is 4.74 Å². The molecular weight excluding hydrogens is 218 g/mol. The predicted octanol–water partition coefficient (Wildman–Crippen LogP) is 1.13. The van der Waals surface area contributed by atoms with E-state index in [2.05, 4.69) is 9.97 Å². The summed E-state index contributed by atoms with van der Waals surface area (Å²) in [6.07, 6.45) is 2.35. The maximum absolute atomic E-state index is 5.73. The Labute approximate surface area is 92.6 Å². The lowest BCUT2D eigenvalue weighted by atomic mass is 10.1. The van der Waals surface area contributed by atoms with Crippen LogP contribution in [0.3, 0.4) is 0 Å². The molecule has 0 radical (unpaired) electrons. The van der Waals surface area contributed by atoms with Gasteiger partial charge in [-0.3, -0.25) is 0 Å². The van der Waals surface area contributed by atoms with Crippen molar-refractivity contribution in [1.29, 1.82) is 0 Å². The molecule has 1 unspecified atom stereocenters. The predicted molar refractivity (Wildman–Crippen MR) is 55.9 cm³/mol. The smallest absolute Gasteiger partial charge is 0.241 e. The zero-order chi connectivity index (χ0) is 10.7. The van der Waals surface area contributed by atoms with E-state index in [0.717, 1.165) is 19.6 Å². The molecular formula is C9H12ClN3O2. The first-order chi connectivity index (χ1) is 7.27. The number of hydrogen-bond donors (Lipinski definition) is 1. The Morgan fingerprint density at radius 1 is 1.60 bits per heavy atom. The summed E-state index contributed by atoms with van der Waals surface area (Å²) in [6, 6.07) is 0. The number of nitrogens with zero attached hydrogens (tertiary/aromatic N) is 2. The van der Waals surface area contributed by atoms with E-state index in [-0.39, 0.29) is 10.8 Å². The highest BCUT2D eigenvalue weighted by atomic mass is 35.5. The summed E-state index contributed by atoms with van der Waals surface area (Å²) < 4.78 is 10.7. The molecule has 0 saturated carbocycles. The zero-order valence-corrected chi connectivity index (χ0v) is 8.91. The molecule has 2 rings (SSSR count). The van der Waals surface area contributed by atoms with Crippen molar-refractivity contribution < 1.29 is 9.47 Å². The molecule has 82 valence electrons. The van der Waals surface area contributed by atoms with Crippen LogP contribution in [0.5, 0.6) is 5.88 Å². The fraction of sp³-hybridized carbons (Fsp3) is 0.556. The Morgan fingerprint density at radius 2 is 2.47 bits per heavy atom. The number of rotatable bonds is 3. The van der Waals surface area contributed by atoms with Gasteiger partial charge in [0, 0.05) is 12.5 Å². The summed E-state index contributed by atoms with van der Waals surface area (Å²) in [5, 5.41) is 0.225. The molecule has 15 heavy (non-hydrogen) atoms. The second-order valence-electron chi connectivity index (χ2n) is 3.42. The van der Waals surface area contributed by atoms with E-state index in [1.165, 1.54) is 6.33 Å². The first-order valence-corrected chi connectivity index (χ1v) is 5.11. The highest BCUT2D eigenvalue weighted by molar-refractivity contribution is 6.32. The normalized spacial score (nSPS) is 20.5. The molecule has 1 aliphatic heterocycles. The average Bonchev–Trinajstić information content (AvgIpc) is 2.73. The molecule has 1 aliphatic rings. The van der Waals surface area contributed by atoms with Gasteiger partial charge in [0.25, 0.3) is 0 Å². The minimum absolute atomic E-state index is 0.225. The van der Waals surface area contributed by atoms with E-state index in [1.807, 2.05) is 0 Å². The molecule has 1 saturated heterocycles. The molecule has 0 spiro atoms. The molecule has 1 atom stereocenters. The lowest BCUT2D eigenvalue weighted by molar-refractivity contribution is 0.165. The number of halogens is 1. The Balaban J connectivity index is 1.95. The van der Waals surface area contributed by atoms with E-state index in [1.54, 1.807) is 0 Å². The Morgan fingerprint density at radius 3 is 3.20 bits per heavy atom. The van der Waals surface area contributed by atoms with Crippen LogP contribution in [0.1, 0.15) is 6.42 Å². The quantitative estimate of drug-likeness (QED) is 0.787. The minimum atomic E-state index is 0.225. The van der Waals surface area contributed by atoms with Crippen molar-refractivity contribution >= 4 is 17.3 Å². The Hall–Kier alpha value is -1.07. The van der Waals surface area contributed by atoms with Crippen LogP contribution >= 0.6 is 11.6 Å². The second kappa shape index (κ2) is 4.63. The molecule has 0 aromatic carbocycles. The summed E-state index contributed by atoms with van der Waals surface area (Å²) in [5.41, 5.74) is 5.94. The highest BCUT2D eigenvalue weighted by Gasteiger charge is 2.17. The number of aromatic nitrogens is 2. The summed E-state index contributed by atoms with van der Waals surface area (Å²) in [6.45, 7) is 2.09. The molecule has 0 bridgehead atoms. The largest absolute Gasteiger partial charge is 0.476 e. The van der Waals surface area contributed by atoms with Crippen molar-refractivity contribution in [3.63, 3.8) is 0 Å². The van der Waals surface area contributed by atoms with Crippen LogP contribution in [0.15, 0.2) is 6.33 Å². The van der Waals surface area contributed by atoms with Crippen LogP contribution in [0, 0.1) is 5.92 Å². The van der Waals surface area contributed by atoms with E-state index in [0.29, 0.717) is 18.4 Å². The molecule has 1 aromatic heterocycles. The zero-order valence-electron chi connectivity index (χ0n) is 8.15. The third-order valence-electron chi connectivity index (χ3n) is 2.28. The van der Waals surface area contributed by atoms with Crippen LogP contribution in [0.4, 0.5) is 5.69 Å². The minimum Gasteiger partial charge on any atom is -0.476 e. The monoisotopic (exact) mass is 229 g/mol. The van der Waals surface area contributed by atoms with Crippen LogP contribution in [-0.4, -0.2) is 29.8 Å². The Kier molecular flexibility index (Phi) is 3.23. The van der Waals surface area contributed by atoms with Crippen molar-refractivity contribution in [2.45, 2.75) is 6.42 Å². The van der Waals surface area contributed by atoms with Crippen molar-refractivity contribution in [2.75, 3.05) is 25.6 Å². The number of hydrogen-bond acceptors (Lipinski definition) is 5. The first kappa shape index (κ1) is 10.4. The van der Waals surface area contributed by atoms with Crippen LogP contribution < -0.4 is 10.5 Å². The molecule has 2 heterocycles. The van der Waals surface area contributed by atoms with Crippen molar-refractivity contribution in [3.8, 4) is 5.88 Å². The van der Waals surface area contributed by atoms with Gasteiger partial charge >= 0.3 is 0 Å². The third kappa shape index (κ3) is 2.49. The van der Waals surface area contributed by atoms with Gasteiger partial charge in [-0.25, -0.2) is 4.98 Å². The lowest BCUT2D eigenvalue weighted by Gasteiger charge is -2.10. The van der Waals surface area contributed by atoms with Crippen molar-refractivity contribution in [3.05, 3.63) is 11.5 Å². The molecule has 5 nitrogen and oxygen atoms in total. The van der Waals surface area contributed by atoms with Gasteiger partial charge in [0.1, 0.15) is 12.0 Å². The van der Waals surface area contributed by atoms with Gasteiger partial charge < -0.3 is 15.2 Å². The number of nitrogen functional groups attached to an aromatic ring is 1. The standard InChI is InChI=1S/C9H12ClN3O2/c10-8-7(11)9(13-5-12-8)15-4-6-1-2-14-3-6/h5-6H,1-4,11H2. The summed E-state index contributed by atoms with van der Waals surface area (Å²) in [4.78, 5) is 7.66. The topological polar surface area (TPSA) is 70.3 Å². The third-order valence-corrected chi connectivity index (χ3v) is 2.58. The summed E-state index contributed by atoms with van der Waals surface area (Å²) >= 11 is 5.73. The molecule has 0 amide bonds. The van der Waals surface area contributed by atoms with E-state index < -0.39 is 0 Å². The maximum atomic E-state index is 5.73. The fourth-order valence-electron chi connectivity index (χ4n) is 1.39. The van der Waals surface area contributed by atoms with Gasteiger partial charge in [-0.05, 0) is 6.42 Å². The van der Waals surface area contributed by atoms with E-state index >= 15 is 0 Å². The first-order valence-electron chi connectivity index (χ1n) is 4.74. The van der Waals surface area contributed by atoms with Gasteiger partial charge in [0.05, 0.1) is 13.2 Å². The second-order valence-corrected chi connectivity index (χ2v) is 3.78. The fourth-order valence-corrected chi connectivity index (χ4v) is 1.51. The molecule has 0 aliphatic carbocycles. The Bertz CT molecular complexity index is 342. The van der Waals surface area contributed by atoms with Crippen LogP contribution in [0.25, 0.3) is 0 Å². The van der Waals surface area contributed by atoms with Crippen LogP contribution in [0.2, 0.25) is 5.15 Å². The van der Waals surface area contributed by atoms with Gasteiger partial charge in [-0.2, -0.15) is 4.98 Å². The number of ether oxygens (including phenoxy) is 2. The van der Waals surface area contributed by atoms with Gasteiger partial charge in [-0.15, -0.1) is 0 Å². The molecule has 6 heteroatoms. The average molecular weight is 230 g/mol. The summed E-state index contributed by atoms with van der Waals surface area (Å²) in [7, 11) is 0. The number of nitrogens with two attached hydrogens (primary N) is 1. The molecule has 1 aromatic rings. The highest BCUT2D eigenvalue weighted by Crippen LogP contribution is 2.25. The van der Waals surface area contributed by atoms with E-state index in [9.17, 15) is 0 Å². The molecule has 1 fully saturated rings. The van der Waals surface area contributed by atoms with E-state index in [4.69, 9.17) is 26.8 Å². The van der Waals surface area contributed by atoms with Gasteiger partial charge in [0.15, 0.2) is 5.15 Å². The lowest BCUT2D eigenvalue weighted by Crippen LogP contribution is -2.13. The van der Waals surface area contributed by atoms with Crippen molar-refractivity contribution in [1.82, 2.24) is 9.97 Å². The van der Waals surface area contributed by atoms with Gasteiger partial charge in [-0.1, -0.05) is 11.6 Å². The summed E-state index contributed by atoms with van der Waals surface area (Å²) in [5.74, 6) is 0.764. The van der Waals surface area contributed by atoms with Gasteiger partial charge in [0.2, 0.25) is 5.88 Å².